The van der Waals surface area contributed by atoms with Crippen LogP contribution in [0, 0.1) is 17.3 Å². The molecule has 2 aromatic rings. The number of carbonyl (C=O) groups is 1. The van der Waals surface area contributed by atoms with E-state index in [4.69, 9.17) is 4.74 Å². The molecule has 0 unspecified atom stereocenters. The first-order valence-electron chi connectivity index (χ1n) is 8.32. The lowest BCUT2D eigenvalue weighted by Gasteiger charge is -2.35. The minimum atomic E-state index is -0.544. The van der Waals surface area contributed by atoms with Crippen LogP contribution in [0.3, 0.4) is 0 Å². The fourth-order valence-electron chi connectivity index (χ4n) is 2.50. The summed E-state index contributed by atoms with van der Waals surface area (Å²) in [6, 6.07) is 13.5. The van der Waals surface area contributed by atoms with Gasteiger partial charge in [-0.2, -0.15) is 0 Å². The Balaban J connectivity index is 1.77. The second-order valence-electron chi connectivity index (χ2n) is 7.46. The molecule has 128 valence electrons. The highest BCUT2D eigenvalue weighted by Crippen LogP contribution is 2.39. The van der Waals surface area contributed by atoms with Gasteiger partial charge in [0, 0.05) is 22.7 Å². The van der Waals surface area contributed by atoms with E-state index in [1.165, 1.54) is 0 Å². The van der Waals surface area contributed by atoms with E-state index in [0.717, 1.165) is 11.1 Å². The van der Waals surface area contributed by atoms with Crippen molar-refractivity contribution in [2.45, 2.75) is 33.3 Å². The standard InChI is InChI=1S/C21H22N2O2/c1-20(2,3)21(4)15-23(19(24)25-21)18-13-12-17(14-22-18)11-10-16-8-6-5-7-9-16/h5-9,12-14H,15H2,1-4H3/t21-/m1/s1. The minimum absolute atomic E-state index is 0.154. The monoisotopic (exact) mass is 334 g/mol. The molecular weight excluding hydrogens is 312 g/mol. The van der Waals surface area contributed by atoms with Crippen LogP contribution in [0.5, 0.6) is 0 Å². The molecular formula is C21H22N2O2. The lowest BCUT2D eigenvalue weighted by Crippen LogP contribution is -2.43. The maximum absolute atomic E-state index is 12.3. The summed E-state index contributed by atoms with van der Waals surface area (Å²) in [5.74, 6) is 6.77. The summed E-state index contributed by atoms with van der Waals surface area (Å²) in [6.07, 6.45) is 1.33. The second kappa shape index (κ2) is 6.25. The van der Waals surface area contributed by atoms with E-state index in [9.17, 15) is 4.79 Å². The molecule has 3 rings (SSSR count). The van der Waals surface area contributed by atoms with Gasteiger partial charge in [-0.3, -0.25) is 4.90 Å². The Morgan fingerprint density at radius 1 is 1.08 bits per heavy atom. The van der Waals surface area contributed by atoms with E-state index in [0.29, 0.717) is 12.4 Å². The zero-order chi connectivity index (χ0) is 18.1. The summed E-state index contributed by atoms with van der Waals surface area (Å²) in [5, 5.41) is 0. The van der Waals surface area contributed by atoms with Gasteiger partial charge in [0.15, 0.2) is 0 Å². The summed E-state index contributed by atoms with van der Waals surface area (Å²) in [6.45, 7) is 8.65. The maximum atomic E-state index is 12.3. The van der Waals surface area contributed by atoms with Gasteiger partial charge >= 0.3 is 6.09 Å². The molecule has 25 heavy (non-hydrogen) atoms. The van der Waals surface area contributed by atoms with Crippen molar-refractivity contribution in [3.8, 4) is 11.8 Å². The predicted molar refractivity (Wildman–Crippen MR) is 98.3 cm³/mol. The van der Waals surface area contributed by atoms with Crippen molar-refractivity contribution in [1.29, 1.82) is 0 Å². The molecule has 0 radical (unpaired) electrons. The predicted octanol–water partition coefficient (Wildman–Crippen LogP) is 4.24. The van der Waals surface area contributed by atoms with Crippen LogP contribution in [0.2, 0.25) is 0 Å². The fourth-order valence-corrected chi connectivity index (χ4v) is 2.50. The topological polar surface area (TPSA) is 42.4 Å². The van der Waals surface area contributed by atoms with Crippen molar-refractivity contribution in [3.63, 3.8) is 0 Å². The molecule has 0 saturated carbocycles. The molecule has 0 bridgehead atoms. The highest BCUT2D eigenvalue weighted by Gasteiger charge is 2.50. The molecule has 1 aromatic carbocycles. The van der Waals surface area contributed by atoms with Crippen molar-refractivity contribution in [3.05, 3.63) is 59.8 Å². The first-order valence-corrected chi connectivity index (χ1v) is 8.32. The third-order valence-corrected chi connectivity index (χ3v) is 4.73. The van der Waals surface area contributed by atoms with Crippen LogP contribution in [0.15, 0.2) is 48.7 Å². The van der Waals surface area contributed by atoms with E-state index in [1.54, 1.807) is 11.1 Å². The molecule has 1 fully saturated rings. The lowest BCUT2D eigenvalue weighted by molar-refractivity contribution is -0.0152. The van der Waals surface area contributed by atoms with Gasteiger partial charge in [-0.1, -0.05) is 50.8 Å². The van der Waals surface area contributed by atoms with Crippen molar-refractivity contribution in [1.82, 2.24) is 4.98 Å². The molecule has 1 aliphatic heterocycles. The molecule has 1 aliphatic rings. The van der Waals surface area contributed by atoms with Crippen molar-refractivity contribution in [2.24, 2.45) is 5.41 Å². The number of hydrogen-bond donors (Lipinski definition) is 0. The third-order valence-electron chi connectivity index (χ3n) is 4.73. The van der Waals surface area contributed by atoms with Crippen LogP contribution in [0.1, 0.15) is 38.8 Å². The first kappa shape index (κ1) is 17.0. The number of ether oxygens (including phenoxy) is 1. The highest BCUT2D eigenvalue weighted by molar-refractivity contribution is 5.89. The molecule has 1 aromatic heterocycles. The van der Waals surface area contributed by atoms with Gasteiger partial charge in [-0.05, 0) is 31.2 Å². The van der Waals surface area contributed by atoms with Gasteiger partial charge in [0.2, 0.25) is 0 Å². The van der Waals surface area contributed by atoms with Crippen LogP contribution in [-0.4, -0.2) is 23.2 Å². The Kier molecular flexibility index (Phi) is 4.26. The van der Waals surface area contributed by atoms with Gasteiger partial charge in [0.1, 0.15) is 11.4 Å². The van der Waals surface area contributed by atoms with E-state index in [1.807, 2.05) is 49.4 Å². The zero-order valence-corrected chi connectivity index (χ0v) is 15.0. The quantitative estimate of drug-likeness (QED) is 0.733. The van der Waals surface area contributed by atoms with Gasteiger partial charge in [0.25, 0.3) is 0 Å². The largest absolute Gasteiger partial charge is 0.440 e. The third kappa shape index (κ3) is 3.51. The van der Waals surface area contributed by atoms with Crippen LogP contribution in [0.4, 0.5) is 10.6 Å². The molecule has 4 heteroatoms. The van der Waals surface area contributed by atoms with Gasteiger partial charge in [0.05, 0.1) is 6.54 Å². The van der Waals surface area contributed by atoms with Crippen molar-refractivity contribution < 1.29 is 9.53 Å². The van der Waals surface area contributed by atoms with E-state index < -0.39 is 5.60 Å². The molecule has 0 N–H and O–H groups in total. The van der Waals surface area contributed by atoms with Crippen molar-refractivity contribution >= 4 is 11.9 Å². The van der Waals surface area contributed by atoms with Crippen LogP contribution < -0.4 is 4.90 Å². The van der Waals surface area contributed by atoms with Crippen LogP contribution >= 0.6 is 0 Å². The van der Waals surface area contributed by atoms with E-state index in [2.05, 4.69) is 37.6 Å². The smallest absolute Gasteiger partial charge is 0.416 e. The average Bonchev–Trinajstić information content (AvgIpc) is 2.90. The molecule has 1 amide bonds. The number of hydrogen-bond acceptors (Lipinski definition) is 3. The van der Waals surface area contributed by atoms with E-state index >= 15 is 0 Å². The molecule has 1 atom stereocenters. The summed E-state index contributed by atoms with van der Waals surface area (Å²) in [4.78, 5) is 18.2. The molecule has 2 heterocycles. The minimum Gasteiger partial charge on any atom is -0.440 e. The SMILES string of the molecule is CC(C)(C)[C@@]1(C)CN(c2ccc(C#Cc3ccccc3)cn2)C(=O)O1. The normalized spacial score (nSPS) is 20.0. The number of benzene rings is 1. The zero-order valence-electron chi connectivity index (χ0n) is 15.0. The second-order valence-corrected chi connectivity index (χ2v) is 7.46. The number of amides is 1. The Bertz CT molecular complexity index is 826. The summed E-state index contributed by atoms with van der Waals surface area (Å²) < 4.78 is 5.63. The molecule has 4 nitrogen and oxygen atoms in total. The first-order chi connectivity index (χ1) is 11.8. The lowest BCUT2D eigenvalue weighted by atomic mass is 9.78. The number of carbonyl (C=O) groups excluding carboxylic acids is 1. The number of nitrogens with zero attached hydrogens (tertiary/aromatic N) is 2. The summed E-state index contributed by atoms with van der Waals surface area (Å²) in [5.41, 5.74) is 1.06. The average molecular weight is 334 g/mol. The number of pyridine rings is 1. The summed E-state index contributed by atoms with van der Waals surface area (Å²) >= 11 is 0. The maximum Gasteiger partial charge on any atom is 0.416 e. The Hall–Kier alpha value is -2.80. The molecule has 0 aliphatic carbocycles. The van der Waals surface area contributed by atoms with E-state index in [-0.39, 0.29) is 11.5 Å². The molecule has 1 saturated heterocycles. The van der Waals surface area contributed by atoms with Crippen molar-refractivity contribution in [2.75, 3.05) is 11.4 Å². The number of cyclic esters (lactones) is 1. The number of anilines is 1. The fraction of sp³-hybridized carbons (Fsp3) is 0.333. The molecule has 0 spiro atoms. The number of rotatable bonds is 1. The Labute approximate surface area is 148 Å². The Morgan fingerprint density at radius 3 is 2.32 bits per heavy atom. The van der Waals surface area contributed by atoms with Gasteiger partial charge in [-0.15, -0.1) is 0 Å². The Morgan fingerprint density at radius 2 is 1.76 bits per heavy atom. The number of aromatic nitrogens is 1. The van der Waals surface area contributed by atoms with Gasteiger partial charge < -0.3 is 4.74 Å². The van der Waals surface area contributed by atoms with Crippen LogP contribution in [-0.2, 0) is 4.74 Å². The highest BCUT2D eigenvalue weighted by atomic mass is 16.6. The van der Waals surface area contributed by atoms with Gasteiger partial charge in [-0.25, -0.2) is 9.78 Å². The summed E-state index contributed by atoms with van der Waals surface area (Å²) in [7, 11) is 0. The van der Waals surface area contributed by atoms with Crippen LogP contribution in [0.25, 0.3) is 0 Å².